The Morgan fingerprint density at radius 2 is 1.72 bits per heavy atom. The molecule has 7 heteroatoms. The molecule has 0 spiro atoms. The zero-order chi connectivity index (χ0) is 25.4. The second kappa shape index (κ2) is 10.9. The molecule has 2 aromatic rings. The van der Waals surface area contributed by atoms with E-state index in [9.17, 15) is 4.79 Å². The molecule has 4 heterocycles. The normalized spacial score (nSPS) is 26.0. The Bertz CT molecular complexity index is 1020. The van der Waals surface area contributed by atoms with Gasteiger partial charge < -0.3 is 9.88 Å². The van der Waals surface area contributed by atoms with Crippen molar-refractivity contribution in [1.82, 2.24) is 25.0 Å². The molecule has 2 aliphatic heterocycles. The molecule has 0 radical (unpaired) electrons. The van der Waals surface area contributed by atoms with Crippen molar-refractivity contribution >= 4 is 17.2 Å². The number of fused-ring (bicyclic) bond motifs is 2. The Morgan fingerprint density at radius 3 is 2.33 bits per heavy atom. The van der Waals surface area contributed by atoms with Gasteiger partial charge in [0.25, 0.3) is 0 Å². The summed E-state index contributed by atoms with van der Waals surface area (Å²) in [5.74, 6) is 3.09. The molecule has 1 aliphatic carbocycles. The monoisotopic (exact) mass is 511 g/mol. The molecule has 3 atom stereocenters. The lowest BCUT2D eigenvalue weighted by Crippen LogP contribution is -2.45. The van der Waals surface area contributed by atoms with E-state index in [2.05, 4.69) is 65.7 Å². The standard InChI is InChI=1S/C29H45N5OS/c1-18(2)28-32-31-21(5)34(28)25-16-23-11-12-24(17-25)33(23)14-13-26(27-15-19(3)20(4)36-27)30-29(35)22-9-7-6-8-10-22/h15,18,22-26H,6-14,16-17H2,1-5H3,(H,30,35)/t23?,24?,25?,26-/m0/s1. The van der Waals surface area contributed by atoms with Crippen molar-refractivity contribution in [3.63, 3.8) is 0 Å². The average Bonchev–Trinajstić information content (AvgIpc) is 3.49. The van der Waals surface area contributed by atoms with Gasteiger partial charge in [0.05, 0.1) is 6.04 Å². The molecule has 2 aromatic heterocycles. The third-order valence-corrected chi connectivity index (χ3v) is 10.4. The summed E-state index contributed by atoms with van der Waals surface area (Å²) in [6, 6.07) is 4.20. The van der Waals surface area contributed by atoms with Crippen molar-refractivity contribution in [1.29, 1.82) is 0 Å². The predicted octanol–water partition coefficient (Wildman–Crippen LogP) is 6.38. The molecule has 1 N–H and O–H groups in total. The van der Waals surface area contributed by atoms with Gasteiger partial charge in [-0.1, -0.05) is 33.1 Å². The maximum Gasteiger partial charge on any atom is 0.223 e. The molecule has 2 bridgehead atoms. The molecule has 2 unspecified atom stereocenters. The number of rotatable bonds is 8. The van der Waals surface area contributed by atoms with Crippen LogP contribution in [0.15, 0.2) is 6.07 Å². The summed E-state index contributed by atoms with van der Waals surface area (Å²) in [6.07, 6.45) is 11.7. The van der Waals surface area contributed by atoms with Gasteiger partial charge in [0.15, 0.2) is 0 Å². The summed E-state index contributed by atoms with van der Waals surface area (Å²) in [7, 11) is 0. The highest BCUT2D eigenvalue weighted by atomic mass is 32.1. The molecule has 2 saturated heterocycles. The molecule has 3 fully saturated rings. The molecule has 1 saturated carbocycles. The Labute approximate surface area is 221 Å². The van der Waals surface area contributed by atoms with Gasteiger partial charge in [-0.3, -0.25) is 9.69 Å². The van der Waals surface area contributed by atoms with Gasteiger partial charge in [0.1, 0.15) is 11.6 Å². The minimum atomic E-state index is 0.126. The number of hydrogen-bond donors (Lipinski definition) is 1. The number of aryl methyl sites for hydroxylation is 3. The fourth-order valence-electron chi connectivity index (χ4n) is 7.04. The van der Waals surface area contributed by atoms with E-state index in [1.54, 1.807) is 0 Å². The van der Waals surface area contributed by atoms with Crippen LogP contribution in [0, 0.1) is 26.7 Å². The third-order valence-electron chi connectivity index (χ3n) is 9.13. The Morgan fingerprint density at radius 1 is 1.03 bits per heavy atom. The molecule has 3 aliphatic rings. The Balaban J connectivity index is 1.27. The number of carbonyl (C=O) groups excluding carboxylic acids is 1. The maximum absolute atomic E-state index is 13.2. The van der Waals surface area contributed by atoms with Crippen molar-refractivity contribution < 1.29 is 4.79 Å². The number of amides is 1. The minimum Gasteiger partial charge on any atom is -0.348 e. The SMILES string of the molecule is Cc1cc([C@H](CCN2C3CCC2CC(n2c(C)nnc2C(C)C)C3)NC(=O)C2CCCCC2)sc1C. The first-order chi connectivity index (χ1) is 17.3. The summed E-state index contributed by atoms with van der Waals surface area (Å²) in [5, 5.41) is 12.5. The van der Waals surface area contributed by atoms with Crippen LogP contribution in [0.2, 0.25) is 0 Å². The topological polar surface area (TPSA) is 63.1 Å². The summed E-state index contributed by atoms with van der Waals surface area (Å²) >= 11 is 1.87. The van der Waals surface area contributed by atoms with E-state index in [0.29, 0.717) is 24.0 Å². The van der Waals surface area contributed by atoms with Crippen LogP contribution >= 0.6 is 11.3 Å². The van der Waals surface area contributed by atoms with Crippen LogP contribution < -0.4 is 5.32 Å². The summed E-state index contributed by atoms with van der Waals surface area (Å²) in [4.78, 5) is 18.7. The first kappa shape index (κ1) is 25.9. The lowest BCUT2D eigenvalue weighted by Gasteiger charge is -2.40. The number of nitrogens with one attached hydrogen (secondary N) is 1. The lowest BCUT2D eigenvalue weighted by atomic mass is 9.88. The first-order valence-corrected chi connectivity index (χ1v) is 15.2. The van der Waals surface area contributed by atoms with Gasteiger partial charge in [-0.05, 0) is 77.3 Å². The Hall–Kier alpha value is -1.73. The van der Waals surface area contributed by atoms with E-state index in [4.69, 9.17) is 0 Å². The van der Waals surface area contributed by atoms with Crippen molar-refractivity contribution in [2.45, 2.75) is 129 Å². The van der Waals surface area contributed by atoms with Crippen molar-refractivity contribution in [3.8, 4) is 0 Å². The highest BCUT2D eigenvalue weighted by molar-refractivity contribution is 7.12. The van der Waals surface area contributed by atoms with Crippen LogP contribution in [0.1, 0.15) is 123 Å². The zero-order valence-corrected chi connectivity index (χ0v) is 23.7. The second-order valence-electron chi connectivity index (χ2n) is 12.0. The number of piperidine rings is 1. The molecular weight excluding hydrogens is 466 g/mol. The van der Waals surface area contributed by atoms with Gasteiger partial charge in [0.2, 0.25) is 5.91 Å². The zero-order valence-electron chi connectivity index (χ0n) is 22.9. The van der Waals surface area contributed by atoms with Crippen LogP contribution in [0.4, 0.5) is 0 Å². The maximum atomic E-state index is 13.2. The van der Waals surface area contributed by atoms with E-state index >= 15 is 0 Å². The van der Waals surface area contributed by atoms with Crippen molar-refractivity contribution in [2.75, 3.05) is 6.54 Å². The second-order valence-corrected chi connectivity index (χ2v) is 13.2. The number of thiophene rings is 1. The highest BCUT2D eigenvalue weighted by Crippen LogP contribution is 2.42. The van der Waals surface area contributed by atoms with E-state index < -0.39 is 0 Å². The molecule has 0 aromatic carbocycles. The van der Waals surface area contributed by atoms with Gasteiger partial charge in [-0.2, -0.15) is 0 Å². The van der Waals surface area contributed by atoms with Crippen molar-refractivity contribution in [3.05, 3.63) is 33.0 Å². The fourth-order valence-corrected chi connectivity index (χ4v) is 8.17. The van der Waals surface area contributed by atoms with Crippen LogP contribution in [0.25, 0.3) is 0 Å². The highest BCUT2D eigenvalue weighted by Gasteiger charge is 2.42. The number of hydrogen-bond acceptors (Lipinski definition) is 5. The number of aromatic nitrogens is 3. The predicted molar refractivity (Wildman–Crippen MR) is 147 cm³/mol. The van der Waals surface area contributed by atoms with E-state index in [1.165, 1.54) is 60.3 Å². The smallest absolute Gasteiger partial charge is 0.223 e. The Kier molecular flexibility index (Phi) is 7.87. The van der Waals surface area contributed by atoms with Gasteiger partial charge in [0, 0.05) is 46.3 Å². The largest absolute Gasteiger partial charge is 0.348 e. The third kappa shape index (κ3) is 5.28. The van der Waals surface area contributed by atoms with Gasteiger partial charge >= 0.3 is 0 Å². The van der Waals surface area contributed by atoms with Gasteiger partial charge in [-0.25, -0.2) is 0 Å². The van der Waals surface area contributed by atoms with Gasteiger partial charge in [-0.15, -0.1) is 21.5 Å². The summed E-state index contributed by atoms with van der Waals surface area (Å²) in [6.45, 7) is 12.0. The first-order valence-electron chi connectivity index (χ1n) is 14.4. The number of nitrogens with zero attached hydrogens (tertiary/aromatic N) is 4. The van der Waals surface area contributed by atoms with Crippen LogP contribution in [0.3, 0.4) is 0 Å². The molecule has 5 rings (SSSR count). The molecule has 198 valence electrons. The van der Waals surface area contributed by atoms with Crippen LogP contribution in [-0.4, -0.2) is 44.2 Å². The van der Waals surface area contributed by atoms with Crippen LogP contribution in [0.5, 0.6) is 0 Å². The van der Waals surface area contributed by atoms with Crippen molar-refractivity contribution in [2.24, 2.45) is 5.92 Å². The quantitative estimate of drug-likeness (QED) is 0.446. The summed E-state index contributed by atoms with van der Waals surface area (Å²) in [5.41, 5.74) is 1.35. The van der Waals surface area contributed by atoms with Crippen LogP contribution in [-0.2, 0) is 4.79 Å². The van der Waals surface area contributed by atoms with E-state index in [1.807, 2.05) is 11.3 Å². The summed E-state index contributed by atoms with van der Waals surface area (Å²) < 4.78 is 2.44. The average molecular weight is 512 g/mol. The molecular formula is C29H45N5OS. The minimum absolute atomic E-state index is 0.126. The van der Waals surface area contributed by atoms with E-state index in [0.717, 1.165) is 37.5 Å². The fraction of sp³-hybridized carbons (Fsp3) is 0.759. The molecule has 36 heavy (non-hydrogen) atoms. The lowest BCUT2D eigenvalue weighted by molar-refractivity contribution is -0.126. The van der Waals surface area contributed by atoms with E-state index in [-0.39, 0.29) is 17.9 Å². The molecule has 6 nitrogen and oxygen atoms in total. The number of carbonyl (C=O) groups is 1. The molecule has 1 amide bonds.